The van der Waals surface area contributed by atoms with Crippen molar-refractivity contribution in [3.63, 3.8) is 0 Å². The van der Waals surface area contributed by atoms with Gasteiger partial charge in [-0.3, -0.25) is 10.1 Å². The fourth-order valence-electron chi connectivity index (χ4n) is 1.71. The number of anilines is 1. The SMILES string of the molecule is COc1cc(NCC(C)(C)CCO)c(F)cc1[N+](=O)[O-]. The van der Waals surface area contributed by atoms with Gasteiger partial charge in [0.1, 0.15) is 0 Å². The van der Waals surface area contributed by atoms with Crippen molar-refractivity contribution in [1.82, 2.24) is 0 Å². The summed E-state index contributed by atoms with van der Waals surface area (Å²) in [5.74, 6) is -0.712. The molecule has 0 saturated heterocycles. The van der Waals surface area contributed by atoms with Gasteiger partial charge in [-0.2, -0.15) is 0 Å². The Balaban J connectivity index is 2.94. The Labute approximate surface area is 116 Å². The second-order valence-corrected chi connectivity index (χ2v) is 5.25. The number of hydrogen-bond donors (Lipinski definition) is 2. The summed E-state index contributed by atoms with van der Waals surface area (Å²) in [7, 11) is 1.29. The maximum absolute atomic E-state index is 13.8. The van der Waals surface area contributed by atoms with E-state index in [9.17, 15) is 14.5 Å². The Kier molecular flexibility index (Phi) is 5.26. The van der Waals surface area contributed by atoms with Crippen molar-refractivity contribution in [3.05, 3.63) is 28.1 Å². The van der Waals surface area contributed by atoms with Gasteiger partial charge >= 0.3 is 5.69 Å². The third-order valence-electron chi connectivity index (χ3n) is 3.01. The van der Waals surface area contributed by atoms with E-state index in [1.807, 2.05) is 13.8 Å². The number of aliphatic hydroxyl groups excluding tert-OH is 1. The molecule has 1 aromatic rings. The second kappa shape index (κ2) is 6.51. The first-order valence-electron chi connectivity index (χ1n) is 6.17. The van der Waals surface area contributed by atoms with Gasteiger partial charge in [-0.1, -0.05) is 13.8 Å². The highest BCUT2D eigenvalue weighted by Crippen LogP contribution is 2.33. The van der Waals surface area contributed by atoms with Crippen molar-refractivity contribution in [3.8, 4) is 5.75 Å². The number of ether oxygens (including phenoxy) is 1. The van der Waals surface area contributed by atoms with E-state index in [1.54, 1.807) is 0 Å². The van der Waals surface area contributed by atoms with Crippen LogP contribution in [0.3, 0.4) is 0 Å². The summed E-state index contributed by atoms with van der Waals surface area (Å²) in [5, 5.41) is 22.6. The van der Waals surface area contributed by atoms with Crippen LogP contribution >= 0.6 is 0 Å². The lowest BCUT2D eigenvalue weighted by molar-refractivity contribution is -0.385. The molecule has 0 saturated carbocycles. The van der Waals surface area contributed by atoms with E-state index in [1.165, 1.54) is 13.2 Å². The molecule has 0 heterocycles. The minimum Gasteiger partial charge on any atom is -0.490 e. The zero-order chi connectivity index (χ0) is 15.3. The largest absolute Gasteiger partial charge is 0.490 e. The maximum atomic E-state index is 13.8. The molecular formula is C13H19FN2O4. The molecule has 0 bridgehead atoms. The molecule has 0 aliphatic carbocycles. The third kappa shape index (κ3) is 4.06. The molecule has 0 aliphatic rings. The van der Waals surface area contributed by atoms with Gasteiger partial charge in [0.2, 0.25) is 0 Å². The number of methoxy groups -OCH3 is 1. The summed E-state index contributed by atoms with van der Waals surface area (Å²) in [5.41, 5.74) is -0.500. The molecule has 1 rings (SSSR count). The molecule has 112 valence electrons. The second-order valence-electron chi connectivity index (χ2n) is 5.25. The van der Waals surface area contributed by atoms with E-state index in [0.717, 1.165) is 6.07 Å². The topological polar surface area (TPSA) is 84.6 Å². The van der Waals surface area contributed by atoms with E-state index < -0.39 is 16.4 Å². The smallest absolute Gasteiger partial charge is 0.313 e. The van der Waals surface area contributed by atoms with Crippen molar-refractivity contribution in [2.24, 2.45) is 5.41 Å². The Morgan fingerprint density at radius 2 is 2.15 bits per heavy atom. The van der Waals surface area contributed by atoms with Crippen LogP contribution in [-0.4, -0.2) is 30.3 Å². The number of nitro groups is 1. The van der Waals surface area contributed by atoms with E-state index in [2.05, 4.69) is 5.32 Å². The van der Waals surface area contributed by atoms with Crippen molar-refractivity contribution >= 4 is 11.4 Å². The van der Waals surface area contributed by atoms with Gasteiger partial charge in [0.05, 0.1) is 23.8 Å². The molecule has 1 aromatic carbocycles. The molecule has 0 spiro atoms. The summed E-state index contributed by atoms with van der Waals surface area (Å²) in [6, 6.07) is 2.10. The highest BCUT2D eigenvalue weighted by Gasteiger charge is 2.21. The van der Waals surface area contributed by atoms with Crippen molar-refractivity contribution in [2.75, 3.05) is 25.6 Å². The minimum absolute atomic E-state index is 0.00105. The lowest BCUT2D eigenvalue weighted by Crippen LogP contribution is -2.24. The Morgan fingerprint density at radius 1 is 1.50 bits per heavy atom. The predicted molar refractivity (Wildman–Crippen MR) is 73.6 cm³/mol. The molecule has 7 heteroatoms. The monoisotopic (exact) mass is 286 g/mol. The van der Waals surface area contributed by atoms with Crippen molar-refractivity contribution < 1.29 is 19.2 Å². The normalized spacial score (nSPS) is 11.2. The van der Waals surface area contributed by atoms with Crippen LogP contribution in [0.25, 0.3) is 0 Å². The fraction of sp³-hybridized carbons (Fsp3) is 0.538. The number of halogens is 1. The van der Waals surface area contributed by atoms with Crippen molar-refractivity contribution in [2.45, 2.75) is 20.3 Å². The number of nitro benzene ring substituents is 1. The maximum Gasteiger partial charge on any atom is 0.313 e. The standard InChI is InChI=1S/C13H19FN2O4/c1-13(2,4-5-17)8-15-10-7-12(20-3)11(16(18)19)6-9(10)14/h6-7,15,17H,4-5,8H2,1-3H3. The van der Waals surface area contributed by atoms with Gasteiger partial charge < -0.3 is 15.2 Å². The molecule has 6 nitrogen and oxygen atoms in total. The summed E-state index contributed by atoms with van der Waals surface area (Å²) in [6.45, 7) is 4.32. The van der Waals surface area contributed by atoms with Gasteiger partial charge in [-0.15, -0.1) is 0 Å². The quantitative estimate of drug-likeness (QED) is 0.594. The predicted octanol–water partition coefficient (Wildman–Crippen LogP) is 2.56. The van der Waals surface area contributed by atoms with Gasteiger partial charge in [0.25, 0.3) is 0 Å². The summed E-state index contributed by atoms with van der Waals surface area (Å²) in [6.07, 6.45) is 0.561. The van der Waals surface area contributed by atoms with Crippen LogP contribution < -0.4 is 10.1 Å². The van der Waals surface area contributed by atoms with Crippen LogP contribution in [0.4, 0.5) is 15.8 Å². The molecule has 0 aliphatic heterocycles. The molecule has 0 unspecified atom stereocenters. The van der Waals surface area contributed by atoms with Gasteiger partial charge in [-0.05, 0) is 11.8 Å². The highest BCUT2D eigenvalue weighted by molar-refractivity contribution is 5.59. The summed E-state index contributed by atoms with van der Waals surface area (Å²) >= 11 is 0. The van der Waals surface area contributed by atoms with Crippen LogP contribution in [-0.2, 0) is 0 Å². The molecule has 20 heavy (non-hydrogen) atoms. The van der Waals surface area contributed by atoms with Gasteiger partial charge in [-0.25, -0.2) is 4.39 Å². The number of rotatable bonds is 7. The lowest BCUT2D eigenvalue weighted by Gasteiger charge is -2.24. The van der Waals surface area contributed by atoms with Gasteiger partial charge in [0.15, 0.2) is 11.6 Å². The Bertz CT molecular complexity index is 492. The zero-order valence-electron chi connectivity index (χ0n) is 11.8. The van der Waals surface area contributed by atoms with E-state index >= 15 is 0 Å². The minimum atomic E-state index is -0.711. The molecule has 0 atom stereocenters. The summed E-state index contributed by atoms with van der Waals surface area (Å²) < 4.78 is 18.7. The average Bonchev–Trinajstić information content (AvgIpc) is 2.36. The van der Waals surface area contributed by atoms with E-state index in [4.69, 9.17) is 9.84 Å². The van der Waals surface area contributed by atoms with Crippen LogP contribution in [0, 0.1) is 21.3 Å². The number of hydrogen-bond acceptors (Lipinski definition) is 5. The number of nitrogens with zero attached hydrogens (tertiary/aromatic N) is 1. The highest BCUT2D eigenvalue weighted by atomic mass is 19.1. The number of nitrogens with one attached hydrogen (secondary N) is 1. The molecule has 0 aromatic heterocycles. The molecule has 0 radical (unpaired) electrons. The van der Waals surface area contributed by atoms with Gasteiger partial charge in [0, 0.05) is 19.2 Å². The van der Waals surface area contributed by atoms with Crippen LogP contribution in [0.2, 0.25) is 0 Å². The third-order valence-corrected chi connectivity index (χ3v) is 3.01. The Hall–Kier alpha value is -1.89. The first kappa shape index (κ1) is 16.2. The number of aliphatic hydroxyl groups is 1. The molecular weight excluding hydrogens is 267 g/mol. The Morgan fingerprint density at radius 3 is 2.65 bits per heavy atom. The fourth-order valence-corrected chi connectivity index (χ4v) is 1.71. The molecule has 2 N–H and O–H groups in total. The number of benzene rings is 1. The van der Waals surface area contributed by atoms with Crippen LogP contribution in [0.15, 0.2) is 12.1 Å². The zero-order valence-corrected chi connectivity index (χ0v) is 11.8. The lowest BCUT2D eigenvalue weighted by atomic mass is 9.89. The first-order valence-corrected chi connectivity index (χ1v) is 6.17. The first-order chi connectivity index (χ1) is 9.30. The van der Waals surface area contributed by atoms with E-state index in [-0.39, 0.29) is 23.5 Å². The van der Waals surface area contributed by atoms with Crippen molar-refractivity contribution in [1.29, 1.82) is 0 Å². The van der Waals surface area contributed by atoms with Crippen LogP contribution in [0.5, 0.6) is 5.75 Å². The van der Waals surface area contributed by atoms with Crippen LogP contribution in [0.1, 0.15) is 20.3 Å². The molecule has 0 fully saturated rings. The summed E-state index contributed by atoms with van der Waals surface area (Å²) in [4.78, 5) is 10.1. The molecule has 0 amide bonds. The average molecular weight is 286 g/mol. The van der Waals surface area contributed by atoms with E-state index in [0.29, 0.717) is 13.0 Å².